The Balaban J connectivity index is 1.81. The second-order valence-corrected chi connectivity index (χ2v) is 9.27. The average Bonchev–Trinajstić information content (AvgIpc) is 2.78. The Labute approximate surface area is 191 Å². The normalized spacial score (nSPS) is 11.6. The molecule has 0 fully saturated rings. The van der Waals surface area contributed by atoms with Gasteiger partial charge in [-0.3, -0.25) is 15.1 Å². The van der Waals surface area contributed by atoms with Gasteiger partial charge in [0.1, 0.15) is 0 Å². The second kappa shape index (κ2) is 10.1. The highest BCUT2D eigenvalue weighted by atomic mass is 32.2. The highest BCUT2D eigenvalue weighted by molar-refractivity contribution is 7.91. The van der Waals surface area contributed by atoms with E-state index in [0.717, 1.165) is 5.56 Å². The lowest BCUT2D eigenvalue weighted by atomic mass is 10.1. The SMILES string of the molecule is Cc1ccc(C(NC(=S)Nc2ccc([N+](=O)[O-])cc2)=[NH+]CS(=O)(=O)c2ccccc2)cc1. The molecule has 0 aromatic heterocycles. The molecule has 3 aromatic rings. The largest absolute Gasteiger partial charge is 0.313 e. The number of sulfone groups is 1. The first-order chi connectivity index (χ1) is 15.2. The molecule has 3 rings (SSSR count). The zero-order chi connectivity index (χ0) is 23.1. The van der Waals surface area contributed by atoms with Gasteiger partial charge in [0.25, 0.3) is 16.6 Å². The first kappa shape index (κ1) is 23.0. The summed E-state index contributed by atoms with van der Waals surface area (Å²) in [6.07, 6.45) is 0. The molecule has 0 heterocycles. The Morgan fingerprint density at radius 3 is 2.22 bits per heavy atom. The van der Waals surface area contributed by atoms with E-state index in [1.165, 1.54) is 36.4 Å². The fourth-order valence-corrected chi connectivity index (χ4v) is 4.05. The summed E-state index contributed by atoms with van der Waals surface area (Å²) in [7, 11) is -3.58. The molecule has 0 aliphatic heterocycles. The summed E-state index contributed by atoms with van der Waals surface area (Å²) >= 11 is 5.36. The summed E-state index contributed by atoms with van der Waals surface area (Å²) in [5.74, 6) is 0.0665. The van der Waals surface area contributed by atoms with E-state index >= 15 is 0 Å². The van der Waals surface area contributed by atoms with Crippen LogP contribution in [0.15, 0.2) is 83.8 Å². The summed E-state index contributed by atoms with van der Waals surface area (Å²) in [6, 6.07) is 21.4. The van der Waals surface area contributed by atoms with E-state index in [0.29, 0.717) is 17.1 Å². The highest BCUT2D eigenvalue weighted by Crippen LogP contribution is 2.15. The average molecular weight is 470 g/mol. The van der Waals surface area contributed by atoms with Crippen LogP contribution in [0.25, 0.3) is 0 Å². The molecule has 32 heavy (non-hydrogen) atoms. The quantitative estimate of drug-likeness (QED) is 0.167. The van der Waals surface area contributed by atoms with Gasteiger partial charge in [0.2, 0.25) is 9.84 Å². The molecule has 0 atom stereocenters. The monoisotopic (exact) mass is 469 g/mol. The van der Waals surface area contributed by atoms with Gasteiger partial charge in [0.15, 0.2) is 5.88 Å². The van der Waals surface area contributed by atoms with Crippen LogP contribution in [0.5, 0.6) is 0 Å². The number of nitrogens with one attached hydrogen (secondary N) is 3. The minimum absolute atomic E-state index is 0.0332. The van der Waals surface area contributed by atoms with Crippen molar-refractivity contribution in [2.75, 3.05) is 11.2 Å². The van der Waals surface area contributed by atoms with Crippen molar-refractivity contribution in [1.82, 2.24) is 5.32 Å². The first-order valence-corrected chi connectivity index (χ1v) is 11.6. The van der Waals surface area contributed by atoms with Gasteiger partial charge in [-0.1, -0.05) is 35.9 Å². The number of aryl methyl sites for hydroxylation is 1. The van der Waals surface area contributed by atoms with E-state index in [1.807, 2.05) is 31.2 Å². The molecule has 0 saturated carbocycles. The molecule has 0 bridgehead atoms. The number of nitro benzene ring substituents is 1. The molecule has 0 amide bonds. The predicted molar refractivity (Wildman–Crippen MR) is 127 cm³/mol. The summed E-state index contributed by atoms with van der Waals surface area (Å²) in [5.41, 5.74) is 2.28. The van der Waals surface area contributed by atoms with Gasteiger partial charge in [-0.15, -0.1) is 0 Å². The van der Waals surface area contributed by atoms with Crippen molar-refractivity contribution < 1.29 is 18.3 Å². The van der Waals surface area contributed by atoms with Crippen molar-refractivity contribution in [3.8, 4) is 0 Å². The highest BCUT2D eigenvalue weighted by Gasteiger charge is 2.19. The third-order valence-electron chi connectivity index (χ3n) is 4.46. The minimum Gasteiger partial charge on any atom is -0.313 e. The van der Waals surface area contributed by atoms with Crippen molar-refractivity contribution in [2.24, 2.45) is 0 Å². The molecule has 0 spiro atoms. The molecular formula is C22H21N4O4S2+. The summed E-state index contributed by atoms with van der Waals surface area (Å²) in [4.78, 5) is 13.5. The van der Waals surface area contributed by atoms with E-state index in [1.54, 1.807) is 18.2 Å². The van der Waals surface area contributed by atoms with Crippen LogP contribution in [0.2, 0.25) is 0 Å². The van der Waals surface area contributed by atoms with Gasteiger partial charge < -0.3 is 5.32 Å². The Morgan fingerprint density at radius 1 is 1.00 bits per heavy atom. The van der Waals surface area contributed by atoms with Crippen molar-refractivity contribution in [1.29, 1.82) is 0 Å². The van der Waals surface area contributed by atoms with E-state index in [-0.39, 0.29) is 21.6 Å². The molecule has 0 aliphatic carbocycles. The van der Waals surface area contributed by atoms with Crippen molar-refractivity contribution in [3.63, 3.8) is 0 Å². The zero-order valence-corrected chi connectivity index (χ0v) is 18.7. The van der Waals surface area contributed by atoms with Gasteiger partial charge >= 0.3 is 0 Å². The van der Waals surface area contributed by atoms with Gasteiger partial charge in [0.05, 0.1) is 15.4 Å². The summed E-state index contributed by atoms with van der Waals surface area (Å²) < 4.78 is 25.4. The zero-order valence-electron chi connectivity index (χ0n) is 17.1. The van der Waals surface area contributed by atoms with E-state index in [4.69, 9.17) is 12.2 Å². The van der Waals surface area contributed by atoms with Gasteiger partial charge in [0, 0.05) is 17.8 Å². The lowest BCUT2D eigenvalue weighted by Crippen LogP contribution is -2.78. The molecule has 3 aromatic carbocycles. The number of nitro groups is 1. The number of hydrogen-bond acceptors (Lipinski definition) is 5. The van der Waals surface area contributed by atoms with Gasteiger partial charge in [-0.05, 0) is 55.5 Å². The lowest BCUT2D eigenvalue weighted by molar-refractivity contribution is -0.434. The smallest absolute Gasteiger partial charge is 0.282 e. The molecule has 0 aliphatic rings. The van der Waals surface area contributed by atoms with Crippen LogP contribution in [-0.4, -0.2) is 30.2 Å². The summed E-state index contributed by atoms with van der Waals surface area (Å²) in [5, 5.41) is 16.9. The number of amidine groups is 1. The third-order valence-corrected chi connectivity index (χ3v) is 6.17. The fraction of sp³-hybridized carbons (Fsp3) is 0.0909. The summed E-state index contributed by atoms with van der Waals surface area (Å²) in [6.45, 7) is 1.95. The Bertz CT molecular complexity index is 1240. The predicted octanol–water partition coefficient (Wildman–Crippen LogP) is 2.15. The van der Waals surface area contributed by atoms with Crippen LogP contribution in [0, 0.1) is 17.0 Å². The molecule has 0 saturated heterocycles. The second-order valence-electron chi connectivity index (χ2n) is 6.87. The van der Waals surface area contributed by atoms with E-state index in [2.05, 4.69) is 15.6 Å². The van der Waals surface area contributed by atoms with Gasteiger partial charge in [-0.25, -0.2) is 13.7 Å². The molecular weight excluding hydrogens is 448 g/mol. The molecule has 3 N–H and O–H groups in total. The van der Waals surface area contributed by atoms with Crippen molar-refractivity contribution in [2.45, 2.75) is 11.8 Å². The first-order valence-electron chi connectivity index (χ1n) is 9.53. The minimum atomic E-state index is -3.58. The van der Waals surface area contributed by atoms with Crippen LogP contribution in [0.3, 0.4) is 0 Å². The number of anilines is 1. The maximum absolute atomic E-state index is 12.7. The van der Waals surface area contributed by atoms with Crippen LogP contribution < -0.4 is 15.6 Å². The molecule has 8 nitrogen and oxygen atoms in total. The van der Waals surface area contributed by atoms with E-state index in [9.17, 15) is 18.5 Å². The Hall–Kier alpha value is -3.63. The van der Waals surface area contributed by atoms with Crippen molar-refractivity contribution in [3.05, 3.63) is 100 Å². The number of rotatable bonds is 6. The van der Waals surface area contributed by atoms with E-state index < -0.39 is 14.8 Å². The Kier molecular flexibility index (Phi) is 7.29. The maximum Gasteiger partial charge on any atom is 0.282 e. The molecule has 10 heteroatoms. The molecule has 0 radical (unpaired) electrons. The topological polar surface area (TPSA) is 115 Å². The third kappa shape index (κ3) is 6.19. The number of benzene rings is 3. The van der Waals surface area contributed by atoms with Gasteiger partial charge in [-0.2, -0.15) is 0 Å². The molecule has 164 valence electrons. The number of thiocarbonyl (C=S) groups is 1. The standard InChI is InChI=1S/C22H20N4O4S2/c1-16-7-9-17(10-8-16)21(23-15-32(29,30)20-5-3-2-4-6-20)25-22(31)24-18-11-13-19(14-12-18)26(27)28/h2-14H,15H2,1H3,(H2,23,24,25,31)/p+1. The van der Waals surface area contributed by atoms with Crippen LogP contribution in [0.1, 0.15) is 11.1 Å². The van der Waals surface area contributed by atoms with Crippen LogP contribution in [0.4, 0.5) is 11.4 Å². The van der Waals surface area contributed by atoms with Crippen LogP contribution >= 0.6 is 12.2 Å². The number of hydrogen-bond donors (Lipinski definition) is 3. The number of nitrogens with zero attached hydrogens (tertiary/aromatic N) is 1. The van der Waals surface area contributed by atoms with Crippen molar-refractivity contribution >= 4 is 44.4 Å². The molecule has 0 unspecified atom stereocenters. The Morgan fingerprint density at radius 2 is 1.62 bits per heavy atom. The fourth-order valence-electron chi connectivity index (χ4n) is 2.76. The lowest BCUT2D eigenvalue weighted by Gasteiger charge is -2.08. The van der Waals surface area contributed by atoms with Crippen LogP contribution in [-0.2, 0) is 9.84 Å². The number of non-ortho nitro benzene ring substituents is 1. The maximum atomic E-state index is 12.7.